The van der Waals surface area contributed by atoms with Crippen LogP contribution in [0.15, 0.2) is 0 Å². The van der Waals surface area contributed by atoms with E-state index in [1.165, 1.54) is 14.2 Å². The highest BCUT2D eigenvalue weighted by Crippen LogP contribution is 2.52. The minimum Gasteiger partial charge on any atom is -0.480 e. The molecule has 0 bridgehead atoms. The molecule has 0 aromatic rings. The highest BCUT2D eigenvalue weighted by molar-refractivity contribution is 5.75. The van der Waals surface area contributed by atoms with Gasteiger partial charge in [-0.1, -0.05) is 0 Å². The molecule has 0 aromatic heterocycles. The Morgan fingerprint density at radius 3 is 2.15 bits per heavy atom. The number of ether oxygens (including phenoxy) is 2. The fourth-order valence-electron chi connectivity index (χ4n) is 1.65. The van der Waals surface area contributed by atoms with Crippen LogP contribution in [0.4, 0.5) is 0 Å². The molecule has 0 aromatic carbocycles. The number of hydrogen-bond acceptors (Lipinski definition) is 4. The van der Waals surface area contributed by atoms with E-state index in [0.717, 1.165) is 12.8 Å². The average molecular weight is 189 g/mol. The predicted molar refractivity (Wildman–Crippen MR) is 45.1 cm³/mol. The van der Waals surface area contributed by atoms with Crippen molar-refractivity contribution in [2.75, 3.05) is 14.2 Å². The van der Waals surface area contributed by atoms with Gasteiger partial charge in [-0.05, 0) is 12.8 Å². The van der Waals surface area contributed by atoms with Gasteiger partial charge in [0.2, 0.25) is 0 Å². The van der Waals surface area contributed by atoms with Gasteiger partial charge < -0.3 is 20.3 Å². The Hall–Kier alpha value is -0.650. The van der Waals surface area contributed by atoms with Crippen molar-refractivity contribution in [1.82, 2.24) is 0 Å². The number of rotatable bonds is 5. The molecule has 0 spiro atoms. The molecule has 1 fully saturated rings. The van der Waals surface area contributed by atoms with Crippen molar-refractivity contribution in [3.8, 4) is 0 Å². The Labute approximate surface area is 76.8 Å². The molecular weight excluding hydrogens is 174 g/mol. The standard InChI is InChI=1S/C8H15NO4/c1-12-7(13-2)8(3-4-8)5(9)6(10)11/h5,7H,3-4,9H2,1-2H3,(H,10,11). The van der Waals surface area contributed by atoms with Crippen LogP contribution < -0.4 is 5.73 Å². The topological polar surface area (TPSA) is 81.8 Å². The quantitative estimate of drug-likeness (QED) is 0.585. The Balaban J connectivity index is 2.69. The lowest BCUT2D eigenvalue weighted by Crippen LogP contribution is -2.46. The molecule has 0 aliphatic heterocycles. The molecule has 1 saturated carbocycles. The van der Waals surface area contributed by atoms with E-state index < -0.39 is 23.7 Å². The van der Waals surface area contributed by atoms with E-state index in [4.69, 9.17) is 20.3 Å². The zero-order valence-corrected chi connectivity index (χ0v) is 7.82. The molecule has 1 rings (SSSR count). The van der Waals surface area contributed by atoms with Crippen molar-refractivity contribution >= 4 is 5.97 Å². The molecule has 0 radical (unpaired) electrons. The monoisotopic (exact) mass is 189 g/mol. The van der Waals surface area contributed by atoms with Crippen LogP contribution in [0, 0.1) is 5.41 Å². The molecule has 0 heterocycles. The lowest BCUT2D eigenvalue weighted by Gasteiger charge is -2.27. The van der Waals surface area contributed by atoms with Gasteiger partial charge >= 0.3 is 5.97 Å². The van der Waals surface area contributed by atoms with Gasteiger partial charge in [0.25, 0.3) is 0 Å². The fourth-order valence-corrected chi connectivity index (χ4v) is 1.65. The van der Waals surface area contributed by atoms with Crippen LogP contribution in [0.2, 0.25) is 0 Å². The number of methoxy groups -OCH3 is 2. The molecule has 1 atom stereocenters. The first kappa shape index (κ1) is 10.4. The van der Waals surface area contributed by atoms with Gasteiger partial charge in [-0.3, -0.25) is 4.79 Å². The van der Waals surface area contributed by atoms with Gasteiger partial charge in [0.1, 0.15) is 6.04 Å². The Morgan fingerprint density at radius 1 is 1.46 bits per heavy atom. The summed E-state index contributed by atoms with van der Waals surface area (Å²) in [5, 5.41) is 8.76. The first-order chi connectivity index (χ1) is 6.08. The van der Waals surface area contributed by atoms with Gasteiger partial charge in [0.05, 0.1) is 0 Å². The summed E-state index contributed by atoms with van der Waals surface area (Å²) in [5.74, 6) is -1.00. The summed E-state index contributed by atoms with van der Waals surface area (Å²) in [6, 6.07) is -0.905. The third-order valence-corrected chi connectivity index (χ3v) is 2.61. The third kappa shape index (κ3) is 1.67. The zero-order chi connectivity index (χ0) is 10.1. The van der Waals surface area contributed by atoms with E-state index in [9.17, 15) is 4.79 Å². The van der Waals surface area contributed by atoms with Gasteiger partial charge in [-0.25, -0.2) is 0 Å². The van der Waals surface area contributed by atoms with Crippen LogP contribution in [-0.4, -0.2) is 37.6 Å². The maximum absolute atomic E-state index is 10.7. The molecule has 3 N–H and O–H groups in total. The van der Waals surface area contributed by atoms with Crippen LogP contribution in [0.1, 0.15) is 12.8 Å². The molecular formula is C8H15NO4. The summed E-state index contributed by atoms with van der Waals surface area (Å²) in [6.45, 7) is 0. The highest BCUT2D eigenvalue weighted by Gasteiger charge is 2.57. The van der Waals surface area contributed by atoms with Crippen LogP contribution in [-0.2, 0) is 14.3 Å². The molecule has 13 heavy (non-hydrogen) atoms. The van der Waals surface area contributed by atoms with Crippen molar-refractivity contribution in [3.05, 3.63) is 0 Å². The first-order valence-electron chi connectivity index (χ1n) is 4.12. The third-order valence-electron chi connectivity index (χ3n) is 2.61. The number of carboxylic acid groups (broad SMARTS) is 1. The smallest absolute Gasteiger partial charge is 0.321 e. The number of carboxylic acids is 1. The van der Waals surface area contributed by atoms with Crippen molar-refractivity contribution in [2.24, 2.45) is 11.1 Å². The molecule has 1 unspecified atom stereocenters. The molecule has 76 valence electrons. The first-order valence-corrected chi connectivity index (χ1v) is 4.12. The van der Waals surface area contributed by atoms with Crippen LogP contribution in [0.25, 0.3) is 0 Å². The summed E-state index contributed by atoms with van der Waals surface area (Å²) < 4.78 is 10.1. The predicted octanol–water partition coefficient (Wildman–Crippen LogP) is -0.203. The van der Waals surface area contributed by atoms with E-state index >= 15 is 0 Å². The molecule has 0 saturated heterocycles. The number of aliphatic carboxylic acids is 1. The van der Waals surface area contributed by atoms with Crippen LogP contribution in [0.3, 0.4) is 0 Å². The van der Waals surface area contributed by atoms with E-state index in [0.29, 0.717) is 0 Å². The Bertz CT molecular complexity index is 198. The Kier molecular flexibility index (Phi) is 2.90. The van der Waals surface area contributed by atoms with E-state index in [1.807, 2.05) is 0 Å². The summed E-state index contributed by atoms with van der Waals surface area (Å²) in [5.41, 5.74) is 5.03. The minimum atomic E-state index is -1.00. The number of hydrogen-bond donors (Lipinski definition) is 2. The van der Waals surface area contributed by atoms with E-state index in [1.54, 1.807) is 0 Å². The van der Waals surface area contributed by atoms with Crippen LogP contribution >= 0.6 is 0 Å². The van der Waals surface area contributed by atoms with Crippen molar-refractivity contribution in [2.45, 2.75) is 25.2 Å². The summed E-state index contributed by atoms with van der Waals surface area (Å²) in [6.07, 6.45) is 0.971. The van der Waals surface area contributed by atoms with Crippen molar-refractivity contribution < 1.29 is 19.4 Å². The van der Waals surface area contributed by atoms with Gasteiger partial charge in [-0.15, -0.1) is 0 Å². The summed E-state index contributed by atoms with van der Waals surface area (Å²) in [4.78, 5) is 10.7. The van der Waals surface area contributed by atoms with Crippen molar-refractivity contribution in [1.29, 1.82) is 0 Å². The Morgan fingerprint density at radius 2 is 1.92 bits per heavy atom. The lowest BCUT2D eigenvalue weighted by atomic mass is 9.96. The summed E-state index contributed by atoms with van der Waals surface area (Å²) >= 11 is 0. The second-order valence-corrected chi connectivity index (χ2v) is 3.35. The normalized spacial score (nSPS) is 21.5. The second-order valence-electron chi connectivity index (χ2n) is 3.35. The summed E-state index contributed by atoms with van der Waals surface area (Å²) in [7, 11) is 2.98. The second kappa shape index (κ2) is 3.61. The fraction of sp³-hybridized carbons (Fsp3) is 0.875. The molecule has 0 amide bonds. The van der Waals surface area contributed by atoms with E-state index in [2.05, 4.69) is 0 Å². The SMILES string of the molecule is COC(OC)C1(C(N)C(=O)O)CC1. The lowest BCUT2D eigenvalue weighted by molar-refractivity contribution is -0.166. The maximum Gasteiger partial charge on any atom is 0.321 e. The minimum absolute atomic E-state index is 0.515. The largest absolute Gasteiger partial charge is 0.480 e. The molecule has 5 nitrogen and oxygen atoms in total. The van der Waals surface area contributed by atoms with Gasteiger partial charge in [-0.2, -0.15) is 0 Å². The molecule has 5 heteroatoms. The van der Waals surface area contributed by atoms with Crippen molar-refractivity contribution in [3.63, 3.8) is 0 Å². The zero-order valence-electron chi connectivity index (χ0n) is 7.82. The average Bonchev–Trinajstić information content (AvgIpc) is 2.87. The van der Waals surface area contributed by atoms with Crippen LogP contribution in [0.5, 0.6) is 0 Å². The molecule has 1 aliphatic carbocycles. The van der Waals surface area contributed by atoms with Gasteiger partial charge in [0, 0.05) is 19.6 Å². The number of carbonyl (C=O) groups is 1. The molecule has 1 aliphatic rings. The highest BCUT2D eigenvalue weighted by atomic mass is 16.7. The maximum atomic E-state index is 10.7. The number of nitrogens with two attached hydrogens (primary N) is 1. The van der Waals surface area contributed by atoms with Gasteiger partial charge in [0.15, 0.2) is 6.29 Å². The van der Waals surface area contributed by atoms with E-state index in [-0.39, 0.29) is 0 Å².